The molecule has 0 saturated heterocycles. The number of aromatic nitrogens is 1. The van der Waals surface area contributed by atoms with Crippen molar-refractivity contribution >= 4 is 22.5 Å². The predicted molar refractivity (Wildman–Crippen MR) is 101 cm³/mol. The minimum absolute atomic E-state index is 0.127. The van der Waals surface area contributed by atoms with Crippen LogP contribution in [0, 0.1) is 0 Å². The molecule has 0 saturated carbocycles. The van der Waals surface area contributed by atoms with Gasteiger partial charge in [0.15, 0.2) is 0 Å². The summed E-state index contributed by atoms with van der Waals surface area (Å²) in [6.45, 7) is 5.71. The van der Waals surface area contributed by atoms with Gasteiger partial charge in [-0.15, -0.1) is 0 Å². The van der Waals surface area contributed by atoms with Crippen molar-refractivity contribution in [2.24, 2.45) is 0 Å². The molecule has 0 fully saturated rings. The molecule has 0 aliphatic carbocycles. The summed E-state index contributed by atoms with van der Waals surface area (Å²) in [5.74, 6) is 0.745. The van der Waals surface area contributed by atoms with E-state index in [4.69, 9.17) is 16.3 Å². The van der Waals surface area contributed by atoms with Crippen LogP contribution in [0.2, 0.25) is 5.02 Å². The number of para-hydroxylation sites is 1. The van der Waals surface area contributed by atoms with Crippen molar-refractivity contribution in [1.82, 2.24) is 10.3 Å². The standard InChI is InChI=1S/C20H23ClN2O/c1-14(2)24-20-8-7-15(11-18(20)21)12-22-10-9-16-13-23-19-6-4-3-5-17(16)19/h3-8,11,13-14,22-23H,9-10,12H2,1-2H3. The van der Waals surface area contributed by atoms with E-state index in [1.807, 2.05) is 26.0 Å². The minimum Gasteiger partial charge on any atom is -0.489 e. The van der Waals surface area contributed by atoms with Gasteiger partial charge in [0.25, 0.3) is 0 Å². The van der Waals surface area contributed by atoms with Gasteiger partial charge in [-0.25, -0.2) is 0 Å². The predicted octanol–water partition coefficient (Wildman–Crippen LogP) is 4.94. The highest BCUT2D eigenvalue weighted by Crippen LogP contribution is 2.26. The smallest absolute Gasteiger partial charge is 0.138 e. The second-order valence-electron chi connectivity index (χ2n) is 6.22. The first-order valence-electron chi connectivity index (χ1n) is 8.34. The maximum absolute atomic E-state index is 6.28. The number of nitrogens with one attached hydrogen (secondary N) is 2. The third kappa shape index (κ3) is 4.11. The van der Waals surface area contributed by atoms with E-state index in [-0.39, 0.29) is 6.10 Å². The van der Waals surface area contributed by atoms with Crippen LogP contribution in [0.5, 0.6) is 5.75 Å². The molecule has 1 heterocycles. The topological polar surface area (TPSA) is 37.0 Å². The minimum atomic E-state index is 0.127. The summed E-state index contributed by atoms with van der Waals surface area (Å²) in [5.41, 5.74) is 3.70. The lowest BCUT2D eigenvalue weighted by molar-refractivity contribution is 0.242. The average molecular weight is 343 g/mol. The molecule has 24 heavy (non-hydrogen) atoms. The molecule has 2 aromatic carbocycles. The summed E-state index contributed by atoms with van der Waals surface area (Å²) in [7, 11) is 0. The van der Waals surface area contributed by atoms with Crippen LogP contribution in [-0.2, 0) is 13.0 Å². The number of aromatic amines is 1. The first kappa shape index (κ1) is 16.9. The van der Waals surface area contributed by atoms with Crippen LogP contribution in [0.15, 0.2) is 48.7 Å². The van der Waals surface area contributed by atoms with Crippen molar-refractivity contribution in [2.75, 3.05) is 6.54 Å². The molecule has 0 aliphatic heterocycles. The number of ether oxygens (including phenoxy) is 1. The van der Waals surface area contributed by atoms with Gasteiger partial charge in [0.2, 0.25) is 0 Å². The Bertz CT molecular complexity index is 810. The van der Waals surface area contributed by atoms with E-state index in [0.29, 0.717) is 5.02 Å². The Morgan fingerprint density at radius 1 is 1.17 bits per heavy atom. The third-order valence-electron chi connectivity index (χ3n) is 3.93. The number of H-pyrrole nitrogens is 1. The Hall–Kier alpha value is -1.97. The molecular weight excluding hydrogens is 320 g/mol. The van der Waals surface area contributed by atoms with E-state index in [2.05, 4.69) is 46.8 Å². The van der Waals surface area contributed by atoms with Gasteiger partial charge in [-0.1, -0.05) is 35.9 Å². The van der Waals surface area contributed by atoms with Gasteiger partial charge in [-0.3, -0.25) is 0 Å². The van der Waals surface area contributed by atoms with Crippen LogP contribution >= 0.6 is 11.6 Å². The summed E-state index contributed by atoms with van der Waals surface area (Å²) in [6, 6.07) is 14.4. The number of hydrogen-bond acceptors (Lipinski definition) is 2. The van der Waals surface area contributed by atoms with Gasteiger partial charge in [-0.05, 0) is 56.1 Å². The van der Waals surface area contributed by atoms with Crippen molar-refractivity contribution < 1.29 is 4.74 Å². The molecule has 0 atom stereocenters. The molecule has 0 amide bonds. The van der Waals surface area contributed by atoms with E-state index >= 15 is 0 Å². The Kier molecular flexibility index (Phi) is 5.44. The fourth-order valence-electron chi connectivity index (χ4n) is 2.80. The van der Waals surface area contributed by atoms with Gasteiger partial charge in [-0.2, -0.15) is 0 Å². The van der Waals surface area contributed by atoms with Gasteiger partial charge < -0.3 is 15.0 Å². The second-order valence-corrected chi connectivity index (χ2v) is 6.62. The number of benzene rings is 2. The maximum Gasteiger partial charge on any atom is 0.138 e. The zero-order valence-corrected chi connectivity index (χ0v) is 14.9. The van der Waals surface area contributed by atoms with Crippen molar-refractivity contribution in [1.29, 1.82) is 0 Å². The van der Waals surface area contributed by atoms with Crippen molar-refractivity contribution in [2.45, 2.75) is 32.9 Å². The van der Waals surface area contributed by atoms with Gasteiger partial charge in [0.05, 0.1) is 11.1 Å². The van der Waals surface area contributed by atoms with E-state index in [1.54, 1.807) is 0 Å². The summed E-state index contributed by atoms with van der Waals surface area (Å²) in [5, 5.41) is 5.45. The van der Waals surface area contributed by atoms with Gasteiger partial charge in [0, 0.05) is 23.6 Å². The summed E-state index contributed by atoms with van der Waals surface area (Å²) in [6.07, 6.45) is 3.22. The SMILES string of the molecule is CC(C)Oc1ccc(CNCCc2c[nH]c3ccccc23)cc1Cl. The molecular formula is C20H23ClN2O. The van der Waals surface area contributed by atoms with Crippen molar-refractivity contribution in [3.05, 3.63) is 64.8 Å². The monoisotopic (exact) mass is 342 g/mol. The quantitative estimate of drug-likeness (QED) is 0.597. The second kappa shape index (κ2) is 7.73. The lowest BCUT2D eigenvalue weighted by Gasteiger charge is -2.12. The fraction of sp³-hybridized carbons (Fsp3) is 0.300. The molecule has 2 N–H and O–H groups in total. The van der Waals surface area contributed by atoms with Crippen molar-refractivity contribution in [3.8, 4) is 5.75 Å². The highest BCUT2D eigenvalue weighted by molar-refractivity contribution is 6.32. The lowest BCUT2D eigenvalue weighted by atomic mass is 10.1. The van der Waals surface area contributed by atoms with Gasteiger partial charge >= 0.3 is 0 Å². The van der Waals surface area contributed by atoms with E-state index in [0.717, 1.165) is 30.8 Å². The number of halogens is 1. The van der Waals surface area contributed by atoms with Crippen LogP contribution in [0.4, 0.5) is 0 Å². The zero-order valence-electron chi connectivity index (χ0n) is 14.1. The normalized spacial score (nSPS) is 11.3. The molecule has 0 spiro atoms. The van der Waals surface area contributed by atoms with Crippen LogP contribution in [0.25, 0.3) is 10.9 Å². The Balaban J connectivity index is 1.52. The van der Waals surface area contributed by atoms with E-state index in [1.165, 1.54) is 16.5 Å². The average Bonchev–Trinajstić information content (AvgIpc) is 2.97. The molecule has 1 aromatic heterocycles. The number of hydrogen-bond donors (Lipinski definition) is 2. The largest absolute Gasteiger partial charge is 0.489 e. The van der Waals surface area contributed by atoms with Crippen LogP contribution < -0.4 is 10.1 Å². The first-order chi connectivity index (χ1) is 11.6. The van der Waals surface area contributed by atoms with E-state index in [9.17, 15) is 0 Å². The highest BCUT2D eigenvalue weighted by atomic mass is 35.5. The first-order valence-corrected chi connectivity index (χ1v) is 8.72. The molecule has 3 nitrogen and oxygen atoms in total. The molecule has 3 aromatic rings. The van der Waals surface area contributed by atoms with Crippen LogP contribution in [0.3, 0.4) is 0 Å². The van der Waals surface area contributed by atoms with Crippen molar-refractivity contribution in [3.63, 3.8) is 0 Å². The van der Waals surface area contributed by atoms with Crippen LogP contribution in [0.1, 0.15) is 25.0 Å². The Labute approximate surface area is 148 Å². The summed E-state index contributed by atoms with van der Waals surface area (Å²) < 4.78 is 5.66. The highest BCUT2D eigenvalue weighted by Gasteiger charge is 2.06. The van der Waals surface area contributed by atoms with Gasteiger partial charge in [0.1, 0.15) is 5.75 Å². The lowest BCUT2D eigenvalue weighted by Crippen LogP contribution is -2.16. The molecule has 0 aliphatic rings. The maximum atomic E-state index is 6.28. The van der Waals surface area contributed by atoms with Crippen LogP contribution in [-0.4, -0.2) is 17.6 Å². The number of fused-ring (bicyclic) bond motifs is 1. The summed E-state index contributed by atoms with van der Waals surface area (Å²) >= 11 is 6.28. The summed E-state index contributed by atoms with van der Waals surface area (Å²) in [4.78, 5) is 3.32. The molecule has 0 unspecified atom stereocenters. The number of rotatable bonds is 7. The molecule has 3 rings (SSSR count). The third-order valence-corrected chi connectivity index (χ3v) is 4.23. The molecule has 0 bridgehead atoms. The van der Waals surface area contributed by atoms with E-state index < -0.39 is 0 Å². The Morgan fingerprint density at radius 2 is 2.00 bits per heavy atom. The molecule has 0 radical (unpaired) electrons. The zero-order chi connectivity index (χ0) is 16.9. The Morgan fingerprint density at radius 3 is 2.79 bits per heavy atom. The fourth-order valence-corrected chi connectivity index (χ4v) is 3.05. The molecule has 126 valence electrons. The molecule has 4 heteroatoms.